The lowest BCUT2D eigenvalue weighted by atomic mass is 9.65. The molecule has 4 heteroatoms. The molecule has 1 aromatic rings. The number of amides is 1. The molecule has 1 aromatic carbocycles. The number of nitrogens with zero attached hydrogens (tertiary/aromatic N) is 1. The smallest absolute Gasteiger partial charge is 0.263 e. The zero-order valence-corrected chi connectivity index (χ0v) is 13.5. The molecular weight excluding hydrogens is 266 g/mol. The summed E-state index contributed by atoms with van der Waals surface area (Å²) in [5, 5.41) is 9.14. The van der Waals surface area contributed by atoms with E-state index in [0.717, 1.165) is 12.1 Å². The van der Waals surface area contributed by atoms with Crippen LogP contribution < -0.4 is 4.74 Å². The minimum absolute atomic E-state index is 0.00808. The second-order valence-electron chi connectivity index (χ2n) is 6.93. The summed E-state index contributed by atoms with van der Waals surface area (Å²) in [6, 6.07) is 7.19. The maximum Gasteiger partial charge on any atom is 0.263 e. The number of aliphatic hydroxyl groups excluding tert-OH is 1. The fourth-order valence-corrected chi connectivity index (χ4v) is 2.61. The van der Waals surface area contributed by atoms with E-state index in [1.54, 1.807) is 19.1 Å². The molecule has 2 rings (SSSR count). The highest BCUT2D eigenvalue weighted by molar-refractivity contribution is 5.82. The number of likely N-dealkylation sites (tertiary alicyclic amines) is 1. The Bertz CT molecular complexity index is 537. The summed E-state index contributed by atoms with van der Waals surface area (Å²) < 4.78 is 5.73. The van der Waals surface area contributed by atoms with Crippen LogP contribution in [0.15, 0.2) is 24.3 Å². The summed E-state index contributed by atoms with van der Waals surface area (Å²) in [5.41, 5.74) is 0.742. The maximum absolute atomic E-state index is 12.5. The average Bonchev–Trinajstić information content (AvgIpc) is 2.44. The summed E-state index contributed by atoms with van der Waals surface area (Å²) in [5.74, 6) is 0.619. The molecule has 116 valence electrons. The van der Waals surface area contributed by atoms with Crippen LogP contribution in [0, 0.1) is 5.41 Å². The van der Waals surface area contributed by atoms with Crippen molar-refractivity contribution in [3.05, 3.63) is 29.8 Å². The van der Waals surface area contributed by atoms with Crippen LogP contribution in [0.2, 0.25) is 0 Å². The maximum atomic E-state index is 12.5. The first-order valence-electron chi connectivity index (χ1n) is 7.37. The molecule has 0 aromatic heterocycles. The van der Waals surface area contributed by atoms with Gasteiger partial charge in [0.2, 0.25) is 0 Å². The van der Waals surface area contributed by atoms with Gasteiger partial charge in [-0.3, -0.25) is 4.79 Å². The molecule has 0 bridgehead atoms. The fourth-order valence-electron chi connectivity index (χ4n) is 2.61. The first kappa shape index (κ1) is 15.8. The predicted molar refractivity (Wildman–Crippen MR) is 82.0 cm³/mol. The number of benzene rings is 1. The van der Waals surface area contributed by atoms with E-state index >= 15 is 0 Å². The van der Waals surface area contributed by atoms with Crippen LogP contribution in [-0.2, 0) is 11.4 Å². The van der Waals surface area contributed by atoms with Gasteiger partial charge in [0, 0.05) is 17.5 Å². The Hall–Kier alpha value is -1.55. The molecule has 0 aliphatic carbocycles. The summed E-state index contributed by atoms with van der Waals surface area (Å²) in [7, 11) is 0. The van der Waals surface area contributed by atoms with E-state index in [0.29, 0.717) is 5.75 Å². The van der Waals surface area contributed by atoms with Gasteiger partial charge in [0.05, 0.1) is 6.61 Å². The second kappa shape index (κ2) is 5.34. The Labute approximate surface area is 126 Å². The number of rotatable bonds is 4. The van der Waals surface area contributed by atoms with Crippen molar-refractivity contribution >= 4 is 5.91 Å². The van der Waals surface area contributed by atoms with Gasteiger partial charge in [-0.1, -0.05) is 26.0 Å². The number of ether oxygens (including phenoxy) is 1. The molecule has 0 spiro atoms. The third kappa shape index (κ3) is 2.77. The van der Waals surface area contributed by atoms with Gasteiger partial charge in [-0.25, -0.2) is 0 Å². The molecule has 1 aliphatic rings. The molecule has 1 saturated heterocycles. The zero-order chi connectivity index (χ0) is 15.8. The van der Waals surface area contributed by atoms with Crippen LogP contribution >= 0.6 is 0 Å². The van der Waals surface area contributed by atoms with Gasteiger partial charge in [0.25, 0.3) is 5.91 Å². The summed E-state index contributed by atoms with van der Waals surface area (Å²) in [4.78, 5) is 14.4. The zero-order valence-electron chi connectivity index (χ0n) is 13.5. The van der Waals surface area contributed by atoms with Crippen molar-refractivity contribution in [1.29, 1.82) is 0 Å². The number of hydrogen-bond acceptors (Lipinski definition) is 3. The molecule has 0 unspecified atom stereocenters. The van der Waals surface area contributed by atoms with Crippen LogP contribution in [0.1, 0.15) is 40.2 Å². The van der Waals surface area contributed by atoms with Gasteiger partial charge in [0.1, 0.15) is 5.75 Å². The molecule has 1 heterocycles. The molecular formula is C17H25NO3. The Balaban J connectivity index is 2.04. The van der Waals surface area contributed by atoms with E-state index in [4.69, 9.17) is 9.84 Å². The third-order valence-corrected chi connectivity index (χ3v) is 4.89. The molecule has 1 amide bonds. The molecule has 1 N–H and O–H groups in total. The Morgan fingerprint density at radius 2 is 2.05 bits per heavy atom. The fraction of sp³-hybridized carbons (Fsp3) is 0.588. The minimum Gasteiger partial charge on any atom is -0.481 e. The van der Waals surface area contributed by atoms with Crippen molar-refractivity contribution in [3.63, 3.8) is 0 Å². The third-order valence-electron chi connectivity index (χ3n) is 4.89. The quantitative estimate of drug-likeness (QED) is 0.927. The van der Waals surface area contributed by atoms with Gasteiger partial charge in [-0.15, -0.1) is 0 Å². The number of carbonyl (C=O) groups is 1. The lowest BCUT2D eigenvalue weighted by Crippen LogP contribution is -2.72. The van der Waals surface area contributed by atoms with Gasteiger partial charge < -0.3 is 14.7 Å². The summed E-state index contributed by atoms with van der Waals surface area (Å²) in [6.07, 6.45) is -0.533. The molecule has 4 nitrogen and oxygen atoms in total. The molecule has 0 radical (unpaired) electrons. The van der Waals surface area contributed by atoms with Crippen molar-refractivity contribution in [2.75, 3.05) is 6.54 Å². The van der Waals surface area contributed by atoms with Crippen LogP contribution in [-0.4, -0.2) is 34.1 Å². The Morgan fingerprint density at radius 1 is 1.38 bits per heavy atom. The first-order chi connectivity index (χ1) is 9.69. The highest BCUT2D eigenvalue weighted by Gasteiger charge is 2.55. The van der Waals surface area contributed by atoms with E-state index in [-0.39, 0.29) is 23.5 Å². The first-order valence-corrected chi connectivity index (χ1v) is 7.37. The Morgan fingerprint density at radius 3 is 2.57 bits per heavy atom. The number of aliphatic hydroxyl groups is 1. The largest absolute Gasteiger partial charge is 0.481 e. The monoisotopic (exact) mass is 291 g/mol. The van der Waals surface area contributed by atoms with Crippen molar-refractivity contribution in [1.82, 2.24) is 4.90 Å². The standard InChI is InChI=1S/C17H25NO3/c1-12(21-14-8-6-7-13(9-14)10-19)15(20)18-11-16(2,3)17(18,4)5/h6-9,12,19H,10-11H2,1-5H3/t12-/m0/s1. The summed E-state index contributed by atoms with van der Waals surface area (Å²) in [6.45, 7) is 11.0. The van der Waals surface area contributed by atoms with Gasteiger partial charge in [-0.2, -0.15) is 0 Å². The molecule has 21 heavy (non-hydrogen) atoms. The van der Waals surface area contributed by atoms with Gasteiger partial charge in [0.15, 0.2) is 6.10 Å². The van der Waals surface area contributed by atoms with Crippen LogP contribution in [0.4, 0.5) is 0 Å². The molecule has 1 fully saturated rings. The highest BCUT2D eigenvalue weighted by Crippen LogP contribution is 2.46. The molecule has 1 aliphatic heterocycles. The topological polar surface area (TPSA) is 49.8 Å². The van der Waals surface area contributed by atoms with Crippen molar-refractivity contribution in [2.24, 2.45) is 5.41 Å². The summed E-state index contributed by atoms with van der Waals surface area (Å²) >= 11 is 0. The predicted octanol–water partition coefficient (Wildman–Crippen LogP) is 2.59. The van der Waals surface area contributed by atoms with Crippen molar-refractivity contribution < 1.29 is 14.6 Å². The number of carbonyl (C=O) groups excluding carboxylic acids is 1. The van der Waals surface area contributed by atoms with Crippen LogP contribution in [0.5, 0.6) is 5.75 Å². The van der Waals surface area contributed by atoms with Gasteiger partial charge >= 0.3 is 0 Å². The lowest BCUT2D eigenvalue weighted by Gasteiger charge is -2.61. The van der Waals surface area contributed by atoms with Gasteiger partial charge in [-0.05, 0) is 38.5 Å². The van der Waals surface area contributed by atoms with Crippen LogP contribution in [0.25, 0.3) is 0 Å². The van der Waals surface area contributed by atoms with E-state index in [1.165, 1.54) is 0 Å². The Kier molecular flexibility index (Phi) is 4.02. The molecule has 1 atom stereocenters. The second-order valence-corrected chi connectivity index (χ2v) is 6.93. The minimum atomic E-state index is -0.533. The van der Waals surface area contributed by atoms with Crippen LogP contribution in [0.3, 0.4) is 0 Å². The van der Waals surface area contributed by atoms with E-state index in [1.807, 2.05) is 17.0 Å². The van der Waals surface area contributed by atoms with E-state index in [2.05, 4.69) is 27.7 Å². The van der Waals surface area contributed by atoms with E-state index < -0.39 is 6.10 Å². The SMILES string of the molecule is C[C@H](Oc1cccc(CO)c1)C(=O)N1CC(C)(C)C1(C)C. The normalized spacial score (nSPS) is 20.6. The lowest BCUT2D eigenvalue weighted by molar-refractivity contribution is -0.173. The number of hydrogen-bond donors (Lipinski definition) is 1. The van der Waals surface area contributed by atoms with Crippen molar-refractivity contribution in [2.45, 2.75) is 52.9 Å². The molecule has 0 saturated carbocycles. The van der Waals surface area contributed by atoms with Crippen molar-refractivity contribution in [3.8, 4) is 5.75 Å². The highest BCUT2D eigenvalue weighted by atomic mass is 16.5. The average molecular weight is 291 g/mol. The van der Waals surface area contributed by atoms with E-state index in [9.17, 15) is 4.79 Å².